The molecule has 1 aliphatic heterocycles. The first-order valence-corrected chi connectivity index (χ1v) is 8.44. The zero-order valence-electron chi connectivity index (χ0n) is 14.1. The molecular weight excluding hydrogens is 323 g/mol. The Labute approximate surface area is 147 Å². The summed E-state index contributed by atoms with van der Waals surface area (Å²) >= 11 is 0. The molecule has 4 nitrogen and oxygen atoms in total. The van der Waals surface area contributed by atoms with Crippen LogP contribution >= 0.6 is 0 Å². The van der Waals surface area contributed by atoms with Crippen LogP contribution < -0.4 is 0 Å². The van der Waals surface area contributed by atoms with Crippen molar-refractivity contribution in [1.82, 2.24) is 0 Å². The third-order valence-electron chi connectivity index (χ3n) is 4.31. The number of aliphatic hydroxyl groups is 1. The number of hydrogen-bond acceptors (Lipinski definition) is 4. The van der Waals surface area contributed by atoms with Gasteiger partial charge in [0.05, 0.1) is 19.3 Å². The minimum Gasteiger partial charge on any atom is -0.385 e. The average Bonchev–Trinajstić information content (AvgIpc) is 2.64. The van der Waals surface area contributed by atoms with Crippen LogP contribution in [0.15, 0.2) is 60.7 Å². The van der Waals surface area contributed by atoms with Crippen molar-refractivity contribution in [3.63, 3.8) is 0 Å². The minimum atomic E-state index is -1.78. The molecule has 2 aromatic carbocycles. The van der Waals surface area contributed by atoms with Gasteiger partial charge in [0, 0.05) is 0 Å². The first-order chi connectivity index (χ1) is 12.1. The van der Waals surface area contributed by atoms with Crippen LogP contribution in [0.5, 0.6) is 0 Å². The van der Waals surface area contributed by atoms with E-state index in [1.165, 1.54) is 0 Å². The summed E-state index contributed by atoms with van der Waals surface area (Å²) in [6.07, 6.45) is -5.07. The standard InChI is InChI=1S/C20H23FO4/c1-14-18(23-12-15-8-4-2-5-9-15)19(17(22)20(21)25-14)24-13-16-10-6-3-7-11-16/h2-11,14,17-20,22H,12-13H2,1H3/t14-,17+,18-,19-,20+/m0/s1. The number of hydrogen-bond donors (Lipinski definition) is 1. The third-order valence-corrected chi connectivity index (χ3v) is 4.31. The van der Waals surface area contributed by atoms with E-state index < -0.39 is 30.8 Å². The lowest BCUT2D eigenvalue weighted by Gasteiger charge is -2.40. The van der Waals surface area contributed by atoms with Gasteiger partial charge in [0.2, 0.25) is 6.36 Å². The molecule has 25 heavy (non-hydrogen) atoms. The van der Waals surface area contributed by atoms with Crippen molar-refractivity contribution in [2.45, 2.75) is 50.9 Å². The Balaban J connectivity index is 1.67. The Morgan fingerprint density at radius 1 is 0.880 bits per heavy atom. The number of alkyl halides is 1. The predicted octanol–water partition coefficient (Wildman–Crippen LogP) is 3.23. The number of rotatable bonds is 6. The van der Waals surface area contributed by atoms with Crippen molar-refractivity contribution in [3.8, 4) is 0 Å². The quantitative estimate of drug-likeness (QED) is 0.872. The molecule has 0 aliphatic carbocycles. The van der Waals surface area contributed by atoms with Crippen molar-refractivity contribution in [3.05, 3.63) is 71.8 Å². The second-order valence-electron chi connectivity index (χ2n) is 6.21. The summed E-state index contributed by atoms with van der Waals surface area (Å²) in [6.45, 7) is 2.34. The van der Waals surface area contributed by atoms with E-state index in [2.05, 4.69) is 0 Å². The number of ether oxygens (including phenoxy) is 3. The lowest BCUT2D eigenvalue weighted by molar-refractivity contribution is -0.276. The highest BCUT2D eigenvalue weighted by Crippen LogP contribution is 2.28. The molecule has 3 rings (SSSR count). The lowest BCUT2D eigenvalue weighted by Crippen LogP contribution is -2.57. The van der Waals surface area contributed by atoms with E-state index in [-0.39, 0.29) is 6.61 Å². The van der Waals surface area contributed by atoms with Crippen LogP contribution in [0.25, 0.3) is 0 Å². The molecule has 2 aromatic rings. The fraction of sp³-hybridized carbons (Fsp3) is 0.400. The van der Waals surface area contributed by atoms with Crippen LogP contribution in [0.4, 0.5) is 4.39 Å². The monoisotopic (exact) mass is 346 g/mol. The average molecular weight is 346 g/mol. The van der Waals surface area contributed by atoms with Gasteiger partial charge in [-0.2, -0.15) is 0 Å². The maximum absolute atomic E-state index is 13.9. The van der Waals surface area contributed by atoms with Crippen LogP contribution in [0.2, 0.25) is 0 Å². The summed E-state index contributed by atoms with van der Waals surface area (Å²) < 4.78 is 30.8. The van der Waals surface area contributed by atoms with Gasteiger partial charge >= 0.3 is 0 Å². The molecule has 0 radical (unpaired) electrons. The number of benzene rings is 2. The summed E-state index contributed by atoms with van der Waals surface area (Å²) in [4.78, 5) is 0. The third kappa shape index (κ3) is 4.64. The highest BCUT2D eigenvalue weighted by Gasteiger charge is 2.45. The van der Waals surface area contributed by atoms with Crippen LogP contribution in [-0.2, 0) is 27.4 Å². The zero-order chi connectivity index (χ0) is 17.6. The molecule has 0 unspecified atom stereocenters. The highest BCUT2D eigenvalue weighted by atomic mass is 19.1. The van der Waals surface area contributed by atoms with Crippen molar-refractivity contribution >= 4 is 0 Å². The van der Waals surface area contributed by atoms with Crippen LogP contribution in [0.3, 0.4) is 0 Å². The maximum atomic E-state index is 13.9. The normalized spacial score (nSPS) is 29.5. The van der Waals surface area contributed by atoms with E-state index in [4.69, 9.17) is 14.2 Å². The Morgan fingerprint density at radius 3 is 1.88 bits per heavy atom. The first kappa shape index (κ1) is 18.0. The molecule has 1 N–H and O–H groups in total. The SMILES string of the molecule is C[C@@H]1O[C@@H](F)[C@H](O)[C@H](OCc2ccccc2)[C@H]1OCc1ccccc1. The van der Waals surface area contributed by atoms with E-state index in [0.717, 1.165) is 11.1 Å². The van der Waals surface area contributed by atoms with E-state index >= 15 is 0 Å². The van der Waals surface area contributed by atoms with E-state index in [9.17, 15) is 9.50 Å². The molecule has 1 aliphatic rings. The molecule has 5 atom stereocenters. The first-order valence-electron chi connectivity index (χ1n) is 8.44. The van der Waals surface area contributed by atoms with Crippen molar-refractivity contribution < 1.29 is 23.7 Å². The molecule has 0 aromatic heterocycles. The van der Waals surface area contributed by atoms with Gasteiger partial charge in [-0.15, -0.1) is 0 Å². The van der Waals surface area contributed by atoms with Gasteiger partial charge in [-0.3, -0.25) is 0 Å². The Hall–Kier alpha value is -1.79. The number of aliphatic hydroxyl groups excluding tert-OH is 1. The van der Waals surface area contributed by atoms with E-state index in [1.807, 2.05) is 60.7 Å². The molecule has 0 saturated carbocycles. The highest BCUT2D eigenvalue weighted by molar-refractivity contribution is 5.14. The molecule has 0 amide bonds. The van der Waals surface area contributed by atoms with Crippen LogP contribution in [-0.4, -0.2) is 35.9 Å². The Morgan fingerprint density at radius 2 is 1.36 bits per heavy atom. The van der Waals surface area contributed by atoms with Gasteiger partial charge in [0.25, 0.3) is 0 Å². The summed E-state index contributed by atoms with van der Waals surface area (Å²) in [6, 6.07) is 19.2. The van der Waals surface area contributed by atoms with Gasteiger partial charge in [-0.05, 0) is 18.1 Å². The van der Waals surface area contributed by atoms with Gasteiger partial charge in [0.15, 0.2) is 0 Å². The molecule has 134 valence electrons. The summed E-state index contributed by atoms with van der Waals surface area (Å²) in [5.41, 5.74) is 1.94. The molecular formula is C20H23FO4. The van der Waals surface area contributed by atoms with E-state index in [1.54, 1.807) is 6.92 Å². The molecule has 1 saturated heterocycles. The van der Waals surface area contributed by atoms with Crippen LogP contribution in [0.1, 0.15) is 18.1 Å². The molecule has 0 bridgehead atoms. The van der Waals surface area contributed by atoms with Gasteiger partial charge in [-0.1, -0.05) is 60.7 Å². The molecule has 5 heteroatoms. The number of halogens is 1. The summed E-state index contributed by atoms with van der Waals surface area (Å²) in [7, 11) is 0. The van der Waals surface area contributed by atoms with E-state index in [0.29, 0.717) is 6.61 Å². The maximum Gasteiger partial charge on any atom is 0.228 e. The topological polar surface area (TPSA) is 47.9 Å². The largest absolute Gasteiger partial charge is 0.385 e. The summed E-state index contributed by atoms with van der Waals surface area (Å²) in [5.74, 6) is 0. The van der Waals surface area contributed by atoms with Gasteiger partial charge < -0.3 is 19.3 Å². The van der Waals surface area contributed by atoms with Gasteiger partial charge in [-0.25, -0.2) is 4.39 Å². The smallest absolute Gasteiger partial charge is 0.228 e. The second-order valence-corrected chi connectivity index (χ2v) is 6.21. The summed E-state index contributed by atoms with van der Waals surface area (Å²) in [5, 5.41) is 10.2. The van der Waals surface area contributed by atoms with Crippen molar-refractivity contribution in [1.29, 1.82) is 0 Å². The lowest BCUT2D eigenvalue weighted by atomic mass is 9.99. The fourth-order valence-corrected chi connectivity index (χ4v) is 2.93. The van der Waals surface area contributed by atoms with Crippen molar-refractivity contribution in [2.75, 3.05) is 0 Å². The Bertz CT molecular complexity index is 637. The Kier molecular flexibility index (Phi) is 6.15. The van der Waals surface area contributed by atoms with Crippen molar-refractivity contribution in [2.24, 2.45) is 0 Å². The second kappa shape index (κ2) is 8.54. The minimum absolute atomic E-state index is 0.271. The fourth-order valence-electron chi connectivity index (χ4n) is 2.93. The molecule has 0 spiro atoms. The molecule has 1 heterocycles. The van der Waals surface area contributed by atoms with Gasteiger partial charge in [0.1, 0.15) is 18.3 Å². The predicted molar refractivity (Wildman–Crippen MR) is 91.5 cm³/mol. The zero-order valence-corrected chi connectivity index (χ0v) is 14.1. The molecule has 1 fully saturated rings. The van der Waals surface area contributed by atoms with Crippen LogP contribution in [0, 0.1) is 0 Å².